The van der Waals surface area contributed by atoms with Crippen LogP contribution in [0.5, 0.6) is 0 Å². The summed E-state index contributed by atoms with van der Waals surface area (Å²) in [5.74, 6) is 1.16. The molecule has 0 spiro atoms. The molecule has 70 valence electrons. The van der Waals surface area contributed by atoms with E-state index in [-0.39, 0.29) is 0 Å². The normalized spacial score (nSPS) is 9.92. The highest BCUT2D eigenvalue weighted by molar-refractivity contribution is 7.99. The molecule has 0 aromatic heterocycles. The smallest absolute Gasteiger partial charge is 0.103 e. The van der Waals surface area contributed by atoms with Crippen molar-refractivity contribution in [1.82, 2.24) is 0 Å². The fourth-order valence-electron chi connectivity index (χ4n) is 0.935. The molecule has 0 amide bonds. The molecule has 0 aliphatic carbocycles. The average Bonchev–Trinajstić information content (AvgIpc) is 2.15. The number of rotatable bonds is 4. The summed E-state index contributed by atoms with van der Waals surface area (Å²) in [6, 6.07) is 8.07. The molecule has 0 radical (unpaired) electrons. The minimum atomic E-state index is 0.465. The Bertz CT molecular complexity index is 279. The fourth-order valence-corrected chi connectivity index (χ4v) is 1.84. The molecule has 3 heteroatoms. The van der Waals surface area contributed by atoms with Gasteiger partial charge in [-0.05, 0) is 24.3 Å². The second kappa shape index (κ2) is 5.25. The fraction of sp³-hybridized carbons (Fsp3) is 0.300. The first-order valence-electron chi connectivity index (χ1n) is 4.26. The van der Waals surface area contributed by atoms with Gasteiger partial charge in [-0.3, -0.25) is 0 Å². The number of nitrogens with two attached hydrogens (primary N) is 1. The van der Waals surface area contributed by atoms with Crippen LogP contribution in [-0.4, -0.2) is 10.7 Å². The Balaban J connectivity index is 2.64. The number of benzene rings is 1. The van der Waals surface area contributed by atoms with Crippen molar-refractivity contribution in [3.05, 3.63) is 29.8 Å². The lowest BCUT2D eigenvalue weighted by Gasteiger charge is -2.01. The van der Waals surface area contributed by atoms with Gasteiger partial charge in [-0.1, -0.05) is 31.3 Å². The molecule has 1 nitrogen and oxygen atoms in total. The van der Waals surface area contributed by atoms with Crippen LogP contribution in [0.25, 0.3) is 0 Å². The van der Waals surface area contributed by atoms with Gasteiger partial charge in [-0.2, -0.15) is 0 Å². The molecule has 0 aliphatic rings. The van der Waals surface area contributed by atoms with E-state index in [9.17, 15) is 0 Å². The zero-order valence-corrected chi connectivity index (χ0v) is 9.25. The Kier molecular flexibility index (Phi) is 4.25. The van der Waals surface area contributed by atoms with Crippen LogP contribution in [0.4, 0.5) is 0 Å². The quantitative estimate of drug-likeness (QED) is 0.612. The van der Waals surface area contributed by atoms with Gasteiger partial charge in [-0.15, -0.1) is 11.8 Å². The number of thioether (sulfide) groups is 1. The van der Waals surface area contributed by atoms with E-state index in [2.05, 4.69) is 19.1 Å². The highest BCUT2D eigenvalue weighted by Crippen LogP contribution is 2.18. The lowest BCUT2D eigenvalue weighted by atomic mass is 10.2. The molecule has 0 aliphatic heterocycles. The summed E-state index contributed by atoms with van der Waals surface area (Å²) in [4.78, 5) is 1.74. The highest BCUT2D eigenvalue weighted by atomic mass is 32.2. The summed E-state index contributed by atoms with van der Waals surface area (Å²) in [5, 5.41) is 0. The van der Waals surface area contributed by atoms with Gasteiger partial charge >= 0.3 is 0 Å². The molecule has 0 unspecified atom stereocenters. The second-order valence-corrected chi connectivity index (χ2v) is 4.35. The summed E-state index contributed by atoms with van der Waals surface area (Å²) in [6.45, 7) is 2.18. The Morgan fingerprint density at radius 1 is 1.38 bits per heavy atom. The molecule has 2 N–H and O–H groups in total. The molecule has 0 bridgehead atoms. The van der Waals surface area contributed by atoms with E-state index in [0.717, 1.165) is 11.3 Å². The molecular formula is C10H13NS2. The predicted molar refractivity (Wildman–Crippen MR) is 63.3 cm³/mol. The van der Waals surface area contributed by atoms with E-state index in [4.69, 9.17) is 18.0 Å². The van der Waals surface area contributed by atoms with Crippen molar-refractivity contribution >= 4 is 29.0 Å². The highest BCUT2D eigenvalue weighted by Gasteiger charge is 1.96. The lowest BCUT2D eigenvalue weighted by Crippen LogP contribution is -2.08. The summed E-state index contributed by atoms with van der Waals surface area (Å²) in [6.07, 6.45) is 1.20. The molecular weight excluding hydrogens is 198 g/mol. The zero-order valence-electron chi connectivity index (χ0n) is 7.62. The van der Waals surface area contributed by atoms with Gasteiger partial charge in [0.25, 0.3) is 0 Å². The molecule has 1 aromatic rings. The van der Waals surface area contributed by atoms with Gasteiger partial charge in [-0.25, -0.2) is 0 Å². The largest absolute Gasteiger partial charge is 0.389 e. The van der Waals surface area contributed by atoms with Crippen LogP contribution in [0, 0.1) is 0 Å². The Morgan fingerprint density at radius 2 is 2.00 bits per heavy atom. The van der Waals surface area contributed by atoms with Crippen LogP contribution in [0.3, 0.4) is 0 Å². The number of thiocarbonyl (C=S) groups is 1. The average molecular weight is 211 g/mol. The first-order valence-corrected chi connectivity index (χ1v) is 5.66. The molecule has 1 aromatic carbocycles. The molecule has 0 atom stereocenters. The maximum absolute atomic E-state index is 5.49. The van der Waals surface area contributed by atoms with Crippen molar-refractivity contribution < 1.29 is 0 Å². The monoisotopic (exact) mass is 211 g/mol. The number of hydrogen-bond acceptors (Lipinski definition) is 2. The van der Waals surface area contributed by atoms with Gasteiger partial charge in [0.05, 0.1) is 0 Å². The predicted octanol–water partition coefficient (Wildman–Crippen LogP) is 2.82. The minimum absolute atomic E-state index is 0.465. The van der Waals surface area contributed by atoms with Gasteiger partial charge < -0.3 is 5.73 Å². The van der Waals surface area contributed by atoms with E-state index in [1.807, 2.05) is 23.9 Å². The van der Waals surface area contributed by atoms with Crippen molar-refractivity contribution in [2.24, 2.45) is 5.73 Å². The van der Waals surface area contributed by atoms with Crippen LogP contribution in [0.2, 0.25) is 0 Å². The topological polar surface area (TPSA) is 26.0 Å². The Hall–Kier alpha value is -0.540. The molecule has 13 heavy (non-hydrogen) atoms. The maximum atomic E-state index is 5.49. The maximum Gasteiger partial charge on any atom is 0.103 e. The van der Waals surface area contributed by atoms with Gasteiger partial charge in [0.15, 0.2) is 0 Å². The molecule has 0 heterocycles. The van der Waals surface area contributed by atoms with Crippen LogP contribution < -0.4 is 5.73 Å². The van der Waals surface area contributed by atoms with Crippen molar-refractivity contribution in [2.75, 3.05) is 5.75 Å². The van der Waals surface area contributed by atoms with Crippen molar-refractivity contribution in [1.29, 1.82) is 0 Å². The minimum Gasteiger partial charge on any atom is -0.389 e. The van der Waals surface area contributed by atoms with E-state index < -0.39 is 0 Å². The van der Waals surface area contributed by atoms with Crippen molar-refractivity contribution in [3.8, 4) is 0 Å². The second-order valence-electron chi connectivity index (χ2n) is 2.74. The van der Waals surface area contributed by atoms with E-state index in [1.165, 1.54) is 11.3 Å². The molecule has 1 rings (SSSR count). The Labute approximate surface area is 88.7 Å². The SMILES string of the molecule is CCCSc1ccc(C(N)=S)cc1. The third-order valence-electron chi connectivity index (χ3n) is 1.61. The third kappa shape index (κ3) is 3.36. The van der Waals surface area contributed by atoms with Crippen LogP contribution >= 0.6 is 24.0 Å². The van der Waals surface area contributed by atoms with Gasteiger partial charge in [0.2, 0.25) is 0 Å². The summed E-state index contributed by atoms with van der Waals surface area (Å²) < 4.78 is 0. The van der Waals surface area contributed by atoms with Crippen molar-refractivity contribution in [2.45, 2.75) is 18.2 Å². The van der Waals surface area contributed by atoms with E-state index in [1.54, 1.807) is 0 Å². The summed E-state index contributed by atoms with van der Waals surface area (Å²) in [7, 11) is 0. The van der Waals surface area contributed by atoms with Gasteiger partial charge in [0, 0.05) is 10.5 Å². The summed E-state index contributed by atoms with van der Waals surface area (Å²) in [5.41, 5.74) is 6.43. The van der Waals surface area contributed by atoms with Crippen LogP contribution in [0.15, 0.2) is 29.2 Å². The molecule has 0 saturated heterocycles. The lowest BCUT2D eigenvalue weighted by molar-refractivity contribution is 1.10. The first-order chi connectivity index (χ1) is 6.24. The molecule has 0 saturated carbocycles. The van der Waals surface area contributed by atoms with E-state index in [0.29, 0.717) is 4.99 Å². The van der Waals surface area contributed by atoms with Crippen LogP contribution in [-0.2, 0) is 0 Å². The van der Waals surface area contributed by atoms with Crippen molar-refractivity contribution in [3.63, 3.8) is 0 Å². The van der Waals surface area contributed by atoms with Gasteiger partial charge in [0.1, 0.15) is 4.99 Å². The zero-order chi connectivity index (χ0) is 9.68. The Morgan fingerprint density at radius 3 is 2.46 bits per heavy atom. The number of hydrogen-bond donors (Lipinski definition) is 1. The molecule has 0 fully saturated rings. The van der Waals surface area contributed by atoms with E-state index >= 15 is 0 Å². The summed E-state index contributed by atoms with van der Waals surface area (Å²) >= 11 is 6.72. The third-order valence-corrected chi connectivity index (χ3v) is 3.07. The van der Waals surface area contributed by atoms with Crippen LogP contribution in [0.1, 0.15) is 18.9 Å². The first kappa shape index (κ1) is 10.5. The standard InChI is InChI=1S/C10H13NS2/c1-2-7-13-9-5-3-8(4-6-9)10(11)12/h3-6H,2,7H2,1H3,(H2,11,12).